The second-order valence-electron chi connectivity index (χ2n) is 6.57. The lowest BCUT2D eigenvalue weighted by Crippen LogP contribution is -2.37. The first-order valence-electron chi connectivity index (χ1n) is 8.05. The molecule has 1 aliphatic heterocycles. The summed E-state index contributed by atoms with van der Waals surface area (Å²) >= 11 is 0. The molecule has 9 heteroatoms. The molecule has 0 bridgehead atoms. The number of carbonyl (C=O) groups is 1. The molecule has 2 aliphatic rings. The summed E-state index contributed by atoms with van der Waals surface area (Å²) in [5.41, 5.74) is -1.38. The molecule has 0 spiro atoms. The molecule has 0 radical (unpaired) electrons. The molecule has 1 aromatic carbocycles. The Morgan fingerprint density at radius 3 is 2.56 bits per heavy atom. The lowest BCUT2D eigenvalue weighted by Gasteiger charge is -2.27. The lowest BCUT2D eigenvalue weighted by atomic mass is 10.1. The number of hydrogen-bond donors (Lipinski definition) is 0. The summed E-state index contributed by atoms with van der Waals surface area (Å²) < 4.78 is 38.9. The lowest BCUT2D eigenvalue weighted by molar-refractivity contribution is -0.384. The van der Waals surface area contributed by atoms with Gasteiger partial charge >= 0.3 is 6.18 Å². The van der Waals surface area contributed by atoms with E-state index in [0.29, 0.717) is 25.6 Å². The number of nitrogens with zero attached hydrogens (tertiary/aromatic N) is 3. The van der Waals surface area contributed by atoms with E-state index in [1.165, 1.54) is 11.9 Å². The number of benzene rings is 1. The third kappa shape index (κ3) is 3.54. The first kappa shape index (κ1) is 17.5. The van der Waals surface area contributed by atoms with Crippen molar-refractivity contribution in [3.8, 4) is 0 Å². The molecule has 0 aromatic heterocycles. The highest BCUT2D eigenvalue weighted by atomic mass is 19.4. The minimum atomic E-state index is -4.58. The van der Waals surface area contributed by atoms with Crippen LogP contribution in [0.5, 0.6) is 0 Å². The third-order valence-corrected chi connectivity index (χ3v) is 4.83. The molecule has 6 nitrogen and oxygen atoms in total. The summed E-state index contributed by atoms with van der Waals surface area (Å²) in [6.45, 7) is 0.899. The minimum absolute atomic E-state index is 0.0759. The zero-order chi connectivity index (χ0) is 18.4. The van der Waals surface area contributed by atoms with Crippen LogP contribution in [0.1, 0.15) is 24.8 Å². The zero-order valence-electron chi connectivity index (χ0n) is 13.6. The number of likely N-dealkylation sites (N-methyl/N-ethyl adjacent to an activating group) is 1. The van der Waals surface area contributed by atoms with E-state index in [1.807, 2.05) is 0 Å². The number of amides is 1. The van der Waals surface area contributed by atoms with Gasteiger partial charge in [0.25, 0.3) is 5.69 Å². The number of likely N-dealkylation sites (tertiary alicyclic amines) is 1. The fraction of sp³-hybridized carbons (Fsp3) is 0.562. The van der Waals surface area contributed by atoms with Crippen molar-refractivity contribution in [2.45, 2.75) is 31.5 Å². The molecule has 1 saturated heterocycles. The number of nitro groups is 1. The van der Waals surface area contributed by atoms with Gasteiger partial charge in [-0.25, -0.2) is 0 Å². The van der Waals surface area contributed by atoms with E-state index < -0.39 is 16.7 Å². The number of hydrogen-bond acceptors (Lipinski definition) is 4. The van der Waals surface area contributed by atoms with Crippen LogP contribution < -0.4 is 4.90 Å². The standard InChI is InChI=1S/C16H18F3N3O3/c1-20(12-6-7-21(9-12)15(23)10-2-3-10)14-8-11(16(17,18)19)4-5-13(14)22(24)25/h4-5,8,10,12H,2-3,6-7,9H2,1H3. The van der Waals surface area contributed by atoms with E-state index in [4.69, 9.17) is 0 Å². The van der Waals surface area contributed by atoms with Crippen LogP contribution in [-0.4, -0.2) is 41.9 Å². The van der Waals surface area contributed by atoms with Crippen LogP contribution in [0.3, 0.4) is 0 Å². The Hall–Kier alpha value is -2.32. The van der Waals surface area contributed by atoms with Gasteiger partial charge in [0.05, 0.1) is 10.5 Å². The molecule has 136 valence electrons. The second kappa shape index (κ2) is 6.20. The quantitative estimate of drug-likeness (QED) is 0.614. The number of alkyl halides is 3. The van der Waals surface area contributed by atoms with Crippen molar-refractivity contribution in [1.82, 2.24) is 4.90 Å². The Morgan fingerprint density at radius 2 is 2.00 bits per heavy atom. The van der Waals surface area contributed by atoms with Gasteiger partial charge in [-0.1, -0.05) is 0 Å². The monoisotopic (exact) mass is 357 g/mol. The smallest absolute Gasteiger partial charge is 0.364 e. The fourth-order valence-corrected chi connectivity index (χ4v) is 3.18. The molecule has 1 heterocycles. The van der Waals surface area contributed by atoms with E-state index in [-0.39, 0.29) is 29.2 Å². The van der Waals surface area contributed by atoms with Gasteiger partial charge < -0.3 is 9.80 Å². The summed E-state index contributed by atoms with van der Waals surface area (Å²) in [7, 11) is 1.54. The molecular weight excluding hydrogens is 339 g/mol. The van der Waals surface area contributed by atoms with Gasteiger partial charge in [-0.05, 0) is 31.4 Å². The largest absolute Gasteiger partial charge is 0.416 e. The summed E-state index contributed by atoms with van der Waals surface area (Å²) in [6, 6.07) is 2.16. The Balaban J connectivity index is 1.84. The van der Waals surface area contributed by atoms with Crippen molar-refractivity contribution in [2.75, 3.05) is 25.0 Å². The number of anilines is 1. The van der Waals surface area contributed by atoms with Gasteiger partial charge in [-0.2, -0.15) is 13.2 Å². The second-order valence-corrected chi connectivity index (χ2v) is 6.57. The van der Waals surface area contributed by atoms with Gasteiger partial charge in [-0.15, -0.1) is 0 Å². The van der Waals surface area contributed by atoms with Gasteiger partial charge in [0, 0.05) is 38.2 Å². The maximum absolute atomic E-state index is 13.0. The van der Waals surface area contributed by atoms with E-state index in [0.717, 1.165) is 25.0 Å². The first-order valence-corrected chi connectivity index (χ1v) is 8.05. The van der Waals surface area contributed by atoms with Crippen LogP contribution in [-0.2, 0) is 11.0 Å². The van der Waals surface area contributed by atoms with Crippen molar-refractivity contribution in [2.24, 2.45) is 5.92 Å². The van der Waals surface area contributed by atoms with Crippen LogP contribution in [0.2, 0.25) is 0 Å². The van der Waals surface area contributed by atoms with Crippen LogP contribution in [0.25, 0.3) is 0 Å². The number of carbonyl (C=O) groups excluding carboxylic acids is 1. The third-order valence-electron chi connectivity index (χ3n) is 4.83. The molecule has 25 heavy (non-hydrogen) atoms. The predicted octanol–water partition coefficient (Wildman–Crippen LogP) is 3.06. The Labute approximate surface area is 142 Å². The van der Waals surface area contributed by atoms with Crippen LogP contribution in [0.15, 0.2) is 18.2 Å². The van der Waals surface area contributed by atoms with Gasteiger partial charge in [0.1, 0.15) is 5.69 Å². The van der Waals surface area contributed by atoms with Crippen molar-refractivity contribution < 1.29 is 22.9 Å². The van der Waals surface area contributed by atoms with Crippen molar-refractivity contribution in [3.05, 3.63) is 33.9 Å². The first-order chi connectivity index (χ1) is 11.7. The van der Waals surface area contributed by atoms with Crippen molar-refractivity contribution in [3.63, 3.8) is 0 Å². The molecule has 1 saturated carbocycles. The number of halogens is 3. The summed E-state index contributed by atoms with van der Waals surface area (Å²) in [5.74, 6) is 0.154. The van der Waals surface area contributed by atoms with Crippen molar-refractivity contribution >= 4 is 17.3 Å². The van der Waals surface area contributed by atoms with Gasteiger partial charge in [-0.3, -0.25) is 14.9 Å². The molecule has 1 aliphatic carbocycles. The SMILES string of the molecule is CN(c1cc(C(F)(F)F)ccc1[N+](=O)[O-])C1CCN(C(=O)C2CC2)C1. The highest BCUT2D eigenvalue weighted by molar-refractivity contribution is 5.81. The summed E-state index contributed by atoms with van der Waals surface area (Å²) in [4.78, 5) is 25.8. The van der Waals surface area contributed by atoms with E-state index in [2.05, 4.69) is 0 Å². The van der Waals surface area contributed by atoms with Gasteiger partial charge in [0.15, 0.2) is 0 Å². The average molecular weight is 357 g/mol. The Bertz CT molecular complexity index is 704. The molecule has 3 rings (SSSR count). The van der Waals surface area contributed by atoms with Crippen LogP contribution in [0, 0.1) is 16.0 Å². The Morgan fingerprint density at radius 1 is 1.32 bits per heavy atom. The molecule has 1 amide bonds. The predicted molar refractivity (Wildman–Crippen MR) is 84.2 cm³/mol. The zero-order valence-corrected chi connectivity index (χ0v) is 13.6. The van der Waals surface area contributed by atoms with Gasteiger partial charge in [0.2, 0.25) is 5.91 Å². The van der Waals surface area contributed by atoms with Crippen LogP contribution >= 0.6 is 0 Å². The normalized spacial score (nSPS) is 20.6. The maximum Gasteiger partial charge on any atom is 0.416 e. The molecule has 1 atom stereocenters. The topological polar surface area (TPSA) is 66.7 Å². The molecule has 1 unspecified atom stereocenters. The minimum Gasteiger partial charge on any atom is -0.364 e. The fourth-order valence-electron chi connectivity index (χ4n) is 3.18. The highest BCUT2D eigenvalue weighted by Crippen LogP contribution is 2.38. The van der Waals surface area contributed by atoms with Crippen molar-refractivity contribution in [1.29, 1.82) is 0 Å². The molecule has 1 aromatic rings. The molecular formula is C16H18F3N3O3. The summed E-state index contributed by atoms with van der Waals surface area (Å²) in [6.07, 6.45) is -2.24. The summed E-state index contributed by atoms with van der Waals surface area (Å²) in [5, 5.41) is 11.2. The van der Waals surface area contributed by atoms with Crippen LogP contribution in [0.4, 0.5) is 24.5 Å². The number of rotatable bonds is 4. The highest BCUT2D eigenvalue weighted by Gasteiger charge is 2.39. The maximum atomic E-state index is 13.0. The average Bonchev–Trinajstić information content (AvgIpc) is 3.28. The van der Waals surface area contributed by atoms with E-state index in [9.17, 15) is 28.1 Å². The number of nitro benzene ring substituents is 1. The molecule has 0 N–H and O–H groups in total. The van der Waals surface area contributed by atoms with E-state index >= 15 is 0 Å². The molecule has 2 fully saturated rings. The Kier molecular flexibility index (Phi) is 4.34. The van der Waals surface area contributed by atoms with E-state index in [1.54, 1.807) is 4.90 Å².